The third-order valence-electron chi connectivity index (χ3n) is 7.37. The van der Waals surface area contributed by atoms with Crippen molar-refractivity contribution < 1.29 is 24.2 Å². The minimum absolute atomic E-state index is 0.205. The standard InChI is InChI=1S/C30H39N3O5S/c1-19-9-8-10-20(2)26(19)38-17-24(34)32-23(15-21-11-6-5-7-12-21)25(35)29(37)33-18-39-30(3,4)27(33)28(36)31-16-22-13-14-22/h5-12,22-23,25,27,35H,13-18H2,1-4H3,(H,31,36)(H,32,34). The molecule has 0 bridgehead atoms. The van der Waals surface area contributed by atoms with E-state index in [1.807, 2.05) is 76.2 Å². The van der Waals surface area contributed by atoms with Gasteiger partial charge in [0.1, 0.15) is 11.8 Å². The van der Waals surface area contributed by atoms with E-state index >= 15 is 0 Å². The number of aryl methyl sites for hydroxylation is 2. The van der Waals surface area contributed by atoms with E-state index in [-0.39, 0.29) is 24.8 Å². The van der Waals surface area contributed by atoms with Crippen LogP contribution in [-0.2, 0) is 20.8 Å². The van der Waals surface area contributed by atoms with Gasteiger partial charge in [-0.15, -0.1) is 11.8 Å². The Kier molecular flexibility index (Phi) is 9.23. The molecule has 210 valence electrons. The molecular weight excluding hydrogens is 514 g/mol. The molecule has 1 heterocycles. The zero-order valence-corrected chi connectivity index (χ0v) is 23.9. The summed E-state index contributed by atoms with van der Waals surface area (Å²) in [5, 5.41) is 17.1. The maximum atomic E-state index is 13.7. The molecule has 2 aromatic carbocycles. The van der Waals surface area contributed by atoms with E-state index in [0.29, 0.717) is 18.2 Å². The first-order chi connectivity index (χ1) is 18.6. The molecule has 0 aromatic heterocycles. The van der Waals surface area contributed by atoms with Gasteiger partial charge in [0.2, 0.25) is 5.91 Å². The van der Waals surface area contributed by atoms with Crippen molar-refractivity contribution in [2.45, 2.75) is 69.9 Å². The largest absolute Gasteiger partial charge is 0.483 e. The Morgan fingerprint density at radius 1 is 1.08 bits per heavy atom. The lowest BCUT2D eigenvalue weighted by molar-refractivity contribution is -0.147. The second-order valence-electron chi connectivity index (χ2n) is 11.1. The molecule has 3 amide bonds. The summed E-state index contributed by atoms with van der Waals surface area (Å²) in [6, 6.07) is 13.5. The van der Waals surface area contributed by atoms with Gasteiger partial charge in [-0.2, -0.15) is 0 Å². The average Bonchev–Trinajstić information content (AvgIpc) is 3.67. The fourth-order valence-electron chi connectivity index (χ4n) is 4.94. The number of aliphatic hydroxyl groups excluding tert-OH is 1. The van der Waals surface area contributed by atoms with Gasteiger partial charge in [0.15, 0.2) is 12.7 Å². The van der Waals surface area contributed by atoms with Crippen molar-refractivity contribution in [3.05, 3.63) is 65.2 Å². The number of carbonyl (C=O) groups is 3. The summed E-state index contributed by atoms with van der Waals surface area (Å²) in [6.07, 6.45) is 0.922. The SMILES string of the molecule is Cc1cccc(C)c1OCC(=O)NC(Cc1ccccc1)C(O)C(=O)N1CSC(C)(C)C1C(=O)NCC1CC1. The maximum absolute atomic E-state index is 13.7. The van der Waals surface area contributed by atoms with Gasteiger partial charge in [-0.1, -0.05) is 48.5 Å². The van der Waals surface area contributed by atoms with Crippen molar-refractivity contribution in [1.82, 2.24) is 15.5 Å². The van der Waals surface area contributed by atoms with Crippen LogP contribution >= 0.6 is 11.8 Å². The Balaban J connectivity index is 1.48. The zero-order valence-electron chi connectivity index (χ0n) is 23.1. The molecule has 2 fully saturated rings. The Bertz CT molecular complexity index is 1160. The third kappa shape index (κ3) is 7.33. The molecule has 0 spiro atoms. The highest BCUT2D eigenvalue weighted by Crippen LogP contribution is 2.40. The van der Waals surface area contributed by atoms with Crippen molar-refractivity contribution in [2.75, 3.05) is 19.0 Å². The summed E-state index contributed by atoms with van der Waals surface area (Å²) in [4.78, 5) is 41.3. The molecule has 4 rings (SSSR count). The van der Waals surface area contributed by atoms with Crippen LogP contribution < -0.4 is 15.4 Å². The van der Waals surface area contributed by atoms with Crippen LogP contribution in [0.2, 0.25) is 0 Å². The van der Waals surface area contributed by atoms with Crippen LogP contribution in [0.15, 0.2) is 48.5 Å². The van der Waals surface area contributed by atoms with Crippen LogP contribution in [0.4, 0.5) is 0 Å². The van der Waals surface area contributed by atoms with Crippen molar-refractivity contribution in [3.63, 3.8) is 0 Å². The van der Waals surface area contributed by atoms with E-state index in [2.05, 4.69) is 10.6 Å². The van der Waals surface area contributed by atoms with Gasteiger partial charge in [0.25, 0.3) is 11.8 Å². The Morgan fingerprint density at radius 3 is 2.38 bits per heavy atom. The molecule has 2 aromatic rings. The maximum Gasteiger partial charge on any atom is 0.258 e. The van der Waals surface area contributed by atoms with Crippen molar-refractivity contribution >= 4 is 29.5 Å². The summed E-state index contributed by atoms with van der Waals surface area (Å²) in [7, 11) is 0. The highest BCUT2D eigenvalue weighted by atomic mass is 32.2. The summed E-state index contributed by atoms with van der Waals surface area (Å²) in [6.45, 7) is 8.05. The molecule has 0 radical (unpaired) electrons. The molecule has 1 saturated carbocycles. The highest BCUT2D eigenvalue weighted by molar-refractivity contribution is 8.00. The lowest BCUT2D eigenvalue weighted by Crippen LogP contribution is -2.59. The van der Waals surface area contributed by atoms with Crippen molar-refractivity contribution in [3.8, 4) is 5.75 Å². The number of nitrogens with zero attached hydrogens (tertiary/aromatic N) is 1. The minimum atomic E-state index is -1.54. The fraction of sp³-hybridized carbons (Fsp3) is 0.500. The summed E-state index contributed by atoms with van der Waals surface area (Å²) in [5.41, 5.74) is 2.69. The molecular formula is C30H39N3O5S. The number of hydrogen-bond acceptors (Lipinski definition) is 6. The van der Waals surface area contributed by atoms with Crippen LogP contribution in [0.3, 0.4) is 0 Å². The zero-order chi connectivity index (χ0) is 28.2. The number of para-hydroxylation sites is 1. The first-order valence-electron chi connectivity index (χ1n) is 13.5. The predicted molar refractivity (Wildman–Crippen MR) is 152 cm³/mol. The van der Waals surface area contributed by atoms with Crippen LogP contribution in [0.1, 0.15) is 43.4 Å². The van der Waals surface area contributed by atoms with Gasteiger partial charge in [-0.05, 0) is 69.6 Å². The number of thioether (sulfide) groups is 1. The van der Waals surface area contributed by atoms with Crippen molar-refractivity contribution in [1.29, 1.82) is 0 Å². The van der Waals surface area contributed by atoms with Gasteiger partial charge in [0.05, 0.1) is 11.9 Å². The number of aliphatic hydroxyl groups is 1. The summed E-state index contributed by atoms with van der Waals surface area (Å²) >= 11 is 1.50. The number of carbonyl (C=O) groups excluding carboxylic acids is 3. The number of hydrogen-bond donors (Lipinski definition) is 3. The van der Waals surface area contributed by atoms with Crippen LogP contribution in [0, 0.1) is 19.8 Å². The lowest BCUT2D eigenvalue weighted by atomic mass is 9.97. The number of benzene rings is 2. The molecule has 3 unspecified atom stereocenters. The number of nitrogens with one attached hydrogen (secondary N) is 2. The molecule has 8 nitrogen and oxygen atoms in total. The van der Waals surface area contributed by atoms with Gasteiger partial charge in [-0.25, -0.2) is 0 Å². The van der Waals surface area contributed by atoms with Crippen LogP contribution in [-0.4, -0.2) is 69.7 Å². The predicted octanol–water partition coefficient (Wildman–Crippen LogP) is 2.98. The molecule has 39 heavy (non-hydrogen) atoms. The van der Waals surface area contributed by atoms with Gasteiger partial charge < -0.3 is 25.4 Å². The lowest BCUT2D eigenvalue weighted by Gasteiger charge is -2.33. The van der Waals surface area contributed by atoms with Gasteiger partial charge in [-0.3, -0.25) is 14.4 Å². The second-order valence-corrected chi connectivity index (χ2v) is 12.7. The van der Waals surface area contributed by atoms with E-state index in [4.69, 9.17) is 4.74 Å². The molecule has 1 saturated heterocycles. The first kappa shape index (κ1) is 29.0. The summed E-state index contributed by atoms with van der Waals surface area (Å²) in [5.74, 6) is 0.212. The average molecular weight is 554 g/mol. The Labute approximate surface area is 234 Å². The van der Waals surface area contributed by atoms with Crippen LogP contribution in [0.25, 0.3) is 0 Å². The topological polar surface area (TPSA) is 108 Å². The molecule has 1 aliphatic heterocycles. The van der Waals surface area contributed by atoms with Crippen molar-refractivity contribution in [2.24, 2.45) is 5.92 Å². The molecule has 9 heteroatoms. The second kappa shape index (κ2) is 12.4. The molecule has 2 aliphatic rings. The minimum Gasteiger partial charge on any atom is -0.483 e. The monoisotopic (exact) mass is 553 g/mol. The Hall–Kier alpha value is -3.04. The fourth-order valence-corrected chi connectivity index (χ4v) is 6.08. The van der Waals surface area contributed by atoms with E-state index in [1.54, 1.807) is 0 Å². The van der Waals surface area contributed by atoms with E-state index in [0.717, 1.165) is 29.5 Å². The van der Waals surface area contributed by atoms with E-state index < -0.39 is 34.7 Å². The van der Waals surface area contributed by atoms with E-state index in [1.165, 1.54) is 16.7 Å². The molecule has 1 aliphatic carbocycles. The normalized spacial score (nSPS) is 19.7. The number of ether oxygens (including phenoxy) is 1. The summed E-state index contributed by atoms with van der Waals surface area (Å²) < 4.78 is 5.29. The first-order valence-corrected chi connectivity index (χ1v) is 14.5. The Morgan fingerprint density at radius 2 is 1.74 bits per heavy atom. The van der Waals surface area contributed by atoms with Gasteiger partial charge in [0, 0.05) is 11.3 Å². The quantitative estimate of drug-likeness (QED) is 0.395. The van der Waals surface area contributed by atoms with Gasteiger partial charge >= 0.3 is 0 Å². The smallest absolute Gasteiger partial charge is 0.258 e. The number of rotatable bonds is 11. The van der Waals surface area contributed by atoms with E-state index in [9.17, 15) is 19.5 Å². The number of amides is 3. The molecule has 3 atom stereocenters. The van der Waals surface area contributed by atoms with Crippen LogP contribution in [0.5, 0.6) is 5.75 Å². The third-order valence-corrected chi connectivity index (χ3v) is 8.75. The highest BCUT2D eigenvalue weighted by Gasteiger charge is 2.50. The molecule has 3 N–H and O–H groups in total.